The highest BCUT2D eigenvalue weighted by Crippen LogP contribution is 2.24. The van der Waals surface area contributed by atoms with E-state index in [9.17, 15) is 17.2 Å². The lowest BCUT2D eigenvalue weighted by molar-refractivity contribution is -0.0411. The van der Waals surface area contributed by atoms with E-state index in [1.165, 1.54) is 0 Å². The molecule has 1 aliphatic rings. The molecule has 112 valence electrons. The van der Waals surface area contributed by atoms with Gasteiger partial charge in [0.1, 0.15) is 16.5 Å². The van der Waals surface area contributed by atoms with Gasteiger partial charge in [0.2, 0.25) is 10.0 Å². The van der Waals surface area contributed by atoms with Gasteiger partial charge in [-0.15, -0.1) is 0 Å². The summed E-state index contributed by atoms with van der Waals surface area (Å²) in [6, 6.07) is 2.40. The third kappa shape index (κ3) is 3.19. The third-order valence-corrected chi connectivity index (χ3v) is 5.54. The van der Waals surface area contributed by atoms with Crippen molar-refractivity contribution in [1.82, 2.24) is 4.31 Å². The second-order valence-corrected chi connectivity index (χ2v) is 7.17. The van der Waals surface area contributed by atoms with Crippen LogP contribution in [0.15, 0.2) is 23.1 Å². The van der Waals surface area contributed by atoms with Crippen LogP contribution in [-0.2, 0) is 14.8 Å². The largest absolute Gasteiger partial charge is 0.372 e. The highest BCUT2D eigenvalue weighted by atomic mass is 79.9. The van der Waals surface area contributed by atoms with Gasteiger partial charge in [0.05, 0.1) is 12.2 Å². The van der Waals surface area contributed by atoms with Gasteiger partial charge in [0.15, 0.2) is 0 Å². The summed E-state index contributed by atoms with van der Waals surface area (Å²) in [7, 11) is -4.07. The minimum absolute atomic E-state index is 0.105. The first-order valence-electron chi connectivity index (χ1n) is 6.01. The predicted octanol–water partition coefficient (Wildman–Crippen LogP) is 2.14. The molecular weight excluding hydrogens is 356 g/mol. The summed E-state index contributed by atoms with van der Waals surface area (Å²) in [6.45, 7) is 1.95. The summed E-state index contributed by atoms with van der Waals surface area (Å²) >= 11 is 3.23. The Hall–Kier alpha value is -0.570. The second-order valence-electron chi connectivity index (χ2n) is 4.62. The molecule has 0 saturated carbocycles. The van der Waals surface area contributed by atoms with Gasteiger partial charge in [0.25, 0.3) is 0 Å². The molecule has 1 heterocycles. The van der Waals surface area contributed by atoms with Crippen LogP contribution in [0.2, 0.25) is 0 Å². The van der Waals surface area contributed by atoms with Gasteiger partial charge in [-0.3, -0.25) is 0 Å². The summed E-state index contributed by atoms with van der Waals surface area (Å²) < 4.78 is 58.4. The van der Waals surface area contributed by atoms with Crippen LogP contribution in [0.3, 0.4) is 0 Å². The summed E-state index contributed by atoms with van der Waals surface area (Å²) in [5, 5.41) is 0.467. The minimum Gasteiger partial charge on any atom is -0.372 e. The van der Waals surface area contributed by atoms with Gasteiger partial charge in [-0.25, -0.2) is 17.2 Å². The maximum Gasteiger partial charge on any atom is 0.246 e. The fourth-order valence-electron chi connectivity index (χ4n) is 2.10. The van der Waals surface area contributed by atoms with Crippen molar-refractivity contribution in [2.75, 3.05) is 18.4 Å². The van der Waals surface area contributed by atoms with Crippen LogP contribution in [0.25, 0.3) is 0 Å². The van der Waals surface area contributed by atoms with Gasteiger partial charge >= 0.3 is 0 Å². The number of nitrogens with zero attached hydrogens (tertiary/aromatic N) is 1. The number of hydrogen-bond donors (Lipinski definition) is 0. The quantitative estimate of drug-likeness (QED) is 0.766. The monoisotopic (exact) mass is 369 g/mol. The summed E-state index contributed by atoms with van der Waals surface area (Å²) in [5.41, 5.74) is 0. The number of sulfonamides is 1. The zero-order chi connectivity index (χ0) is 14.9. The molecule has 4 nitrogen and oxygen atoms in total. The fourth-order valence-corrected chi connectivity index (χ4v) is 4.08. The predicted molar refractivity (Wildman–Crippen MR) is 73.2 cm³/mol. The van der Waals surface area contributed by atoms with Crippen molar-refractivity contribution in [3.05, 3.63) is 29.8 Å². The molecule has 2 rings (SSSR count). The first-order valence-corrected chi connectivity index (χ1v) is 8.57. The van der Waals surface area contributed by atoms with Crippen LogP contribution in [0.5, 0.6) is 0 Å². The number of alkyl halides is 1. The standard InChI is InChI=1S/C12H14BrF2NO3S/c1-8-6-16(7-10(5-13)19-8)20(17,18)12-4-9(14)2-3-11(12)15/h2-4,8,10H,5-7H2,1H3. The molecule has 0 aromatic heterocycles. The van der Waals surface area contributed by atoms with Crippen molar-refractivity contribution in [2.45, 2.75) is 24.0 Å². The smallest absolute Gasteiger partial charge is 0.246 e. The van der Waals surface area contributed by atoms with Crippen molar-refractivity contribution in [1.29, 1.82) is 0 Å². The lowest BCUT2D eigenvalue weighted by Gasteiger charge is -2.35. The van der Waals surface area contributed by atoms with Gasteiger partial charge in [0, 0.05) is 18.4 Å². The molecule has 8 heteroatoms. The molecule has 0 radical (unpaired) electrons. The molecule has 20 heavy (non-hydrogen) atoms. The van der Waals surface area contributed by atoms with E-state index in [4.69, 9.17) is 4.74 Å². The van der Waals surface area contributed by atoms with Gasteiger partial charge in [-0.05, 0) is 25.1 Å². The van der Waals surface area contributed by atoms with E-state index in [1.807, 2.05) is 0 Å². The fraction of sp³-hybridized carbons (Fsp3) is 0.500. The highest BCUT2D eigenvalue weighted by molar-refractivity contribution is 9.09. The van der Waals surface area contributed by atoms with Crippen LogP contribution < -0.4 is 0 Å². The molecule has 1 fully saturated rings. The van der Waals surface area contributed by atoms with Crippen LogP contribution in [0.1, 0.15) is 6.92 Å². The maximum atomic E-state index is 13.7. The Labute approximate surface area is 124 Å². The van der Waals surface area contributed by atoms with Crippen LogP contribution in [0, 0.1) is 11.6 Å². The molecule has 1 saturated heterocycles. The average Bonchev–Trinajstić information content (AvgIpc) is 2.40. The SMILES string of the molecule is CC1CN(S(=O)(=O)c2cc(F)ccc2F)CC(CBr)O1. The molecule has 1 aromatic carbocycles. The Morgan fingerprint density at radius 1 is 1.40 bits per heavy atom. The third-order valence-electron chi connectivity index (χ3n) is 2.98. The van der Waals surface area contributed by atoms with Crippen molar-refractivity contribution >= 4 is 26.0 Å². The molecular formula is C12H14BrF2NO3S. The van der Waals surface area contributed by atoms with Gasteiger partial charge < -0.3 is 4.74 Å². The Bertz CT molecular complexity index is 596. The highest BCUT2D eigenvalue weighted by Gasteiger charge is 2.35. The summed E-state index contributed by atoms with van der Waals surface area (Å²) in [5.74, 6) is -1.75. The van der Waals surface area contributed by atoms with Gasteiger partial charge in [-0.2, -0.15) is 4.31 Å². The Morgan fingerprint density at radius 2 is 2.10 bits per heavy atom. The lowest BCUT2D eigenvalue weighted by atomic mass is 10.3. The van der Waals surface area contributed by atoms with Crippen LogP contribution in [-0.4, -0.2) is 43.4 Å². The number of morpholine rings is 1. The first kappa shape index (κ1) is 15.8. The molecule has 1 aromatic rings. The summed E-state index contributed by atoms with van der Waals surface area (Å²) in [6.07, 6.45) is -0.622. The first-order chi connectivity index (χ1) is 9.34. The number of hydrogen-bond acceptors (Lipinski definition) is 3. The Kier molecular flexibility index (Phi) is 4.78. The number of benzene rings is 1. The van der Waals surface area contributed by atoms with E-state index in [2.05, 4.69) is 15.9 Å². The normalized spacial score (nSPS) is 24.8. The lowest BCUT2D eigenvalue weighted by Crippen LogP contribution is -2.49. The van der Waals surface area contributed by atoms with Crippen molar-refractivity contribution < 1.29 is 21.9 Å². The van der Waals surface area contributed by atoms with E-state index in [0.717, 1.165) is 16.4 Å². The van der Waals surface area contributed by atoms with E-state index in [-0.39, 0.29) is 25.3 Å². The topological polar surface area (TPSA) is 46.6 Å². The Balaban J connectivity index is 2.36. The van der Waals surface area contributed by atoms with E-state index >= 15 is 0 Å². The maximum absolute atomic E-state index is 13.7. The van der Waals surface area contributed by atoms with E-state index in [0.29, 0.717) is 11.4 Å². The van der Waals surface area contributed by atoms with E-state index in [1.54, 1.807) is 6.92 Å². The molecule has 2 unspecified atom stereocenters. The molecule has 1 aliphatic heterocycles. The Morgan fingerprint density at radius 3 is 2.75 bits per heavy atom. The van der Waals surface area contributed by atoms with Crippen molar-refractivity contribution in [3.8, 4) is 0 Å². The van der Waals surface area contributed by atoms with Crippen molar-refractivity contribution in [2.24, 2.45) is 0 Å². The second kappa shape index (κ2) is 6.05. The molecule has 0 N–H and O–H groups in total. The molecule has 0 spiro atoms. The van der Waals surface area contributed by atoms with E-state index < -0.39 is 26.6 Å². The number of ether oxygens (including phenoxy) is 1. The zero-order valence-electron chi connectivity index (χ0n) is 10.7. The number of rotatable bonds is 3. The van der Waals surface area contributed by atoms with Crippen LogP contribution in [0.4, 0.5) is 8.78 Å². The minimum atomic E-state index is -4.07. The molecule has 0 bridgehead atoms. The van der Waals surface area contributed by atoms with Crippen LogP contribution >= 0.6 is 15.9 Å². The molecule has 0 aliphatic carbocycles. The average molecular weight is 370 g/mol. The number of halogens is 3. The zero-order valence-corrected chi connectivity index (χ0v) is 13.1. The van der Waals surface area contributed by atoms with Gasteiger partial charge in [-0.1, -0.05) is 15.9 Å². The van der Waals surface area contributed by atoms with Crippen molar-refractivity contribution in [3.63, 3.8) is 0 Å². The molecule has 2 atom stereocenters. The summed E-state index contributed by atoms with van der Waals surface area (Å²) in [4.78, 5) is -0.639. The molecule has 0 amide bonds.